The van der Waals surface area contributed by atoms with Crippen molar-refractivity contribution in [1.29, 1.82) is 0 Å². The van der Waals surface area contributed by atoms with E-state index in [1.165, 1.54) is 0 Å². The molecule has 5 heteroatoms. The minimum absolute atomic E-state index is 0.735. The Balaban J connectivity index is 2.36. The van der Waals surface area contributed by atoms with Crippen LogP contribution in [0.3, 0.4) is 0 Å². The number of rotatable bonds is 5. The maximum Gasteiger partial charge on any atom is 0.289 e. The SMILES string of the molecule is CC[n+]1nc(C)sc1/C=C/c1cccc(OC)c1OC. The third-order valence-corrected chi connectivity index (χ3v) is 3.84. The standard InChI is InChI=1S/C15H19N2O2S/c1-5-17-14(20-11(2)16-17)10-9-12-7-6-8-13(18-3)15(12)19-4/h6-10H,5H2,1-4H3/q+1/b10-9+. The van der Waals surface area contributed by atoms with Crippen LogP contribution in [0.5, 0.6) is 11.5 Å². The van der Waals surface area contributed by atoms with E-state index in [1.807, 2.05) is 35.9 Å². The van der Waals surface area contributed by atoms with Crippen molar-refractivity contribution in [3.8, 4) is 11.5 Å². The second-order valence-electron chi connectivity index (χ2n) is 4.19. The van der Waals surface area contributed by atoms with Crippen LogP contribution in [0.25, 0.3) is 12.2 Å². The topological polar surface area (TPSA) is 35.2 Å². The van der Waals surface area contributed by atoms with E-state index in [9.17, 15) is 0 Å². The monoisotopic (exact) mass is 291 g/mol. The van der Waals surface area contributed by atoms with E-state index < -0.39 is 0 Å². The van der Waals surface area contributed by atoms with E-state index in [0.717, 1.165) is 33.6 Å². The lowest BCUT2D eigenvalue weighted by molar-refractivity contribution is -0.747. The first-order valence-corrected chi connectivity index (χ1v) is 7.27. The van der Waals surface area contributed by atoms with Crippen LogP contribution in [-0.2, 0) is 6.54 Å². The molecule has 2 aromatic rings. The molecule has 1 aromatic carbocycles. The van der Waals surface area contributed by atoms with Gasteiger partial charge in [0, 0.05) is 16.7 Å². The van der Waals surface area contributed by atoms with Crippen LogP contribution in [0.2, 0.25) is 0 Å². The average molecular weight is 291 g/mol. The van der Waals surface area contributed by atoms with Gasteiger partial charge in [0.25, 0.3) is 5.01 Å². The van der Waals surface area contributed by atoms with E-state index in [1.54, 1.807) is 25.6 Å². The van der Waals surface area contributed by atoms with Crippen LogP contribution in [0.1, 0.15) is 22.5 Å². The van der Waals surface area contributed by atoms with Gasteiger partial charge in [0.1, 0.15) is 0 Å². The largest absolute Gasteiger partial charge is 0.493 e. The van der Waals surface area contributed by atoms with Gasteiger partial charge in [-0.1, -0.05) is 16.8 Å². The molecule has 0 radical (unpaired) electrons. The van der Waals surface area contributed by atoms with Gasteiger partial charge < -0.3 is 9.47 Å². The van der Waals surface area contributed by atoms with Gasteiger partial charge in [-0.25, -0.2) is 0 Å². The van der Waals surface area contributed by atoms with Crippen LogP contribution in [0.15, 0.2) is 18.2 Å². The van der Waals surface area contributed by atoms with Crippen molar-refractivity contribution in [3.63, 3.8) is 0 Å². The Labute approximate surface area is 123 Å². The molecule has 0 amide bonds. The number of aryl methyl sites for hydroxylation is 2. The van der Waals surface area contributed by atoms with Gasteiger partial charge in [0.05, 0.1) is 14.2 Å². The molecule has 106 valence electrons. The van der Waals surface area contributed by atoms with Gasteiger partial charge in [-0.2, -0.15) is 0 Å². The molecule has 0 N–H and O–H groups in total. The van der Waals surface area contributed by atoms with E-state index >= 15 is 0 Å². The Morgan fingerprint density at radius 1 is 1.25 bits per heavy atom. The first-order valence-electron chi connectivity index (χ1n) is 6.46. The molecule has 0 atom stereocenters. The van der Waals surface area contributed by atoms with Gasteiger partial charge >= 0.3 is 0 Å². The summed E-state index contributed by atoms with van der Waals surface area (Å²) in [5, 5.41) is 6.63. The predicted octanol–water partition coefficient (Wildman–Crippen LogP) is 2.95. The molecule has 0 fully saturated rings. The molecule has 1 aromatic heterocycles. The highest BCUT2D eigenvalue weighted by atomic mass is 32.1. The van der Waals surface area contributed by atoms with Crippen LogP contribution < -0.4 is 14.2 Å². The summed E-state index contributed by atoms with van der Waals surface area (Å²) < 4.78 is 12.7. The van der Waals surface area contributed by atoms with Crippen LogP contribution in [0, 0.1) is 6.92 Å². The highest BCUT2D eigenvalue weighted by Crippen LogP contribution is 2.31. The molecule has 4 nitrogen and oxygen atoms in total. The molecule has 0 saturated heterocycles. The van der Waals surface area contributed by atoms with Gasteiger partial charge in [0.2, 0.25) is 0 Å². The molecule has 2 rings (SSSR count). The predicted molar refractivity (Wildman–Crippen MR) is 81.2 cm³/mol. The summed E-state index contributed by atoms with van der Waals surface area (Å²) in [7, 11) is 3.29. The Kier molecular flexibility index (Phi) is 4.74. The maximum absolute atomic E-state index is 5.42. The highest BCUT2D eigenvalue weighted by Gasteiger charge is 2.13. The number of hydrogen-bond acceptors (Lipinski definition) is 4. The van der Waals surface area contributed by atoms with Crippen molar-refractivity contribution in [2.75, 3.05) is 14.2 Å². The zero-order valence-electron chi connectivity index (χ0n) is 12.2. The summed E-state index contributed by atoms with van der Waals surface area (Å²) in [5.41, 5.74) is 0.987. The second-order valence-corrected chi connectivity index (χ2v) is 5.40. The Morgan fingerprint density at radius 2 is 2.05 bits per heavy atom. The molecule has 0 aliphatic rings. The molecule has 20 heavy (non-hydrogen) atoms. The number of benzene rings is 1. The van der Waals surface area contributed by atoms with E-state index in [4.69, 9.17) is 9.47 Å². The van der Waals surface area contributed by atoms with Crippen LogP contribution >= 0.6 is 11.3 Å². The second kappa shape index (κ2) is 6.52. The van der Waals surface area contributed by atoms with Crippen molar-refractivity contribution >= 4 is 23.5 Å². The Bertz CT molecular complexity index is 620. The van der Waals surface area contributed by atoms with Gasteiger partial charge in [-0.15, -0.1) is 0 Å². The fourth-order valence-corrected chi connectivity index (χ4v) is 2.85. The van der Waals surface area contributed by atoms with Crippen LogP contribution in [-0.4, -0.2) is 19.3 Å². The lowest BCUT2D eigenvalue weighted by atomic mass is 10.1. The maximum atomic E-state index is 5.42. The molecule has 1 heterocycles. The Hall–Kier alpha value is -1.88. The van der Waals surface area contributed by atoms with E-state index in [2.05, 4.69) is 18.1 Å². The minimum Gasteiger partial charge on any atom is -0.493 e. The third kappa shape index (κ3) is 2.99. The van der Waals surface area contributed by atoms with Crippen molar-refractivity contribution in [2.24, 2.45) is 0 Å². The fraction of sp³-hybridized carbons (Fsp3) is 0.333. The lowest BCUT2D eigenvalue weighted by Crippen LogP contribution is -2.36. The van der Waals surface area contributed by atoms with E-state index in [-0.39, 0.29) is 0 Å². The van der Waals surface area contributed by atoms with Crippen molar-refractivity contribution in [1.82, 2.24) is 5.10 Å². The molecular formula is C15H19N2O2S+. The first kappa shape index (κ1) is 14.5. The summed E-state index contributed by atoms with van der Waals surface area (Å²) in [6.07, 6.45) is 4.09. The van der Waals surface area contributed by atoms with Crippen molar-refractivity contribution in [2.45, 2.75) is 20.4 Å². The number of para-hydroxylation sites is 1. The lowest BCUT2D eigenvalue weighted by Gasteiger charge is -2.09. The summed E-state index contributed by atoms with van der Waals surface area (Å²) in [6, 6.07) is 5.84. The molecular weight excluding hydrogens is 272 g/mol. The normalized spacial score (nSPS) is 11.0. The van der Waals surface area contributed by atoms with Crippen molar-refractivity contribution in [3.05, 3.63) is 33.8 Å². The highest BCUT2D eigenvalue weighted by molar-refractivity contribution is 7.11. The smallest absolute Gasteiger partial charge is 0.289 e. The third-order valence-electron chi connectivity index (χ3n) is 2.91. The fourth-order valence-electron chi connectivity index (χ4n) is 1.99. The zero-order chi connectivity index (χ0) is 14.5. The number of hydrogen-bond donors (Lipinski definition) is 0. The number of nitrogens with zero attached hydrogens (tertiary/aromatic N) is 2. The van der Waals surface area contributed by atoms with Gasteiger partial charge in [0.15, 0.2) is 23.1 Å². The first-order chi connectivity index (χ1) is 9.69. The molecule has 0 aliphatic carbocycles. The molecule has 0 unspecified atom stereocenters. The summed E-state index contributed by atoms with van der Waals surface area (Å²) in [4.78, 5) is 0. The molecule has 0 spiro atoms. The Morgan fingerprint density at radius 3 is 2.70 bits per heavy atom. The summed E-state index contributed by atoms with van der Waals surface area (Å²) in [6.45, 7) is 4.96. The number of ether oxygens (including phenoxy) is 2. The summed E-state index contributed by atoms with van der Waals surface area (Å²) >= 11 is 1.67. The van der Waals surface area contributed by atoms with Crippen LogP contribution in [0.4, 0.5) is 0 Å². The van der Waals surface area contributed by atoms with Gasteiger partial charge in [-0.05, 0) is 37.3 Å². The number of methoxy groups -OCH3 is 2. The molecule has 0 saturated carbocycles. The quantitative estimate of drug-likeness (QED) is 0.795. The van der Waals surface area contributed by atoms with Crippen molar-refractivity contribution < 1.29 is 14.2 Å². The van der Waals surface area contributed by atoms with E-state index in [0.29, 0.717) is 0 Å². The zero-order valence-corrected chi connectivity index (χ0v) is 13.0. The number of aromatic nitrogens is 2. The minimum atomic E-state index is 0.735. The molecule has 0 aliphatic heterocycles. The molecule has 0 bridgehead atoms. The summed E-state index contributed by atoms with van der Waals surface area (Å²) in [5.74, 6) is 1.48. The average Bonchev–Trinajstić information content (AvgIpc) is 2.84. The van der Waals surface area contributed by atoms with Gasteiger partial charge in [-0.3, -0.25) is 0 Å².